The van der Waals surface area contributed by atoms with Crippen molar-refractivity contribution in [3.05, 3.63) is 56.5 Å². The lowest BCUT2D eigenvalue weighted by molar-refractivity contribution is 0.526. The Balaban J connectivity index is 1.72. The highest BCUT2D eigenvalue weighted by molar-refractivity contribution is 7.89. The Labute approximate surface area is 151 Å². The summed E-state index contributed by atoms with van der Waals surface area (Å²) < 4.78 is 28.7. The summed E-state index contributed by atoms with van der Waals surface area (Å²) >= 11 is 5.99. The molecule has 0 fully saturated rings. The van der Waals surface area contributed by atoms with E-state index in [-0.39, 0.29) is 23.5 Å². The predicted molar refractivity (Wildman–Crippen MR) is 96.5 cm³/mol. The molecule has 1 heterocycles. The van der Waals surface area contributed by atoms with E-state index in [4.69, 9.17) is 11.6 Å². The molecule has 0 saturated heterocycles. The zero-order valence-corrected chi connectivity index (χ0v) is 15.5. The largest absolute Gasteiger partial charge is 0.268 e. The second kappa shape index (κ2) is 7.27. The molecular formula is C17H20ClN3O3S. The fraction of sp³-hybridized carbons (Fsp3) is 0.412. The van der Waals surface area contributed by atoms with Crippen LogP contribution in [0.3, 0.4) is 0 Å². The van der Waals surface area contributed by atoms with E-state index in [0.29, 0.717) is 10.6 Å². The Morgan fingerprint density at radius 1 is 1.28 bits per heavy atom. The first-order valence-corrected chi connectivity index (χ1v) is 10.1. The lowest BCUT2D eigenvalue weighted by Crippen LogP contribution is -2.33. The molecule has 1 aromatic carbocycles. The maximum absolute atomic E-state index is 12.4. The summed E-state index contributed by atoms with van der Waals surface area (Å²) in [5, 5.41) is 4.78. The van der Waals surface area contributed by atoms with Gasteiger partial charge in [0, 0.05) is 17.6 Å². The van der Waals surface area contributed by atoms with E-state index in [1.54, 1.807) is 25.1 Å². The smallest absolute Gasteiger partial charge is 0.267 e. The Hall–Kier alpha value is -1.70. The summed E-state index contributed by atoms with van der Waals surface area (Å²) in [6, 6.07) is 6.37. The fourth-order valence-electron chi connectivity index (χ4n) is 3.00. The molecule has 2 aromatic rings. The maximum Gasteiger partial charge on any atom is 0.267 e. The van der Waals surface area contributed by atoms with E-state index in [2.05, 4.69) is 9.82 Å². The molecule has 0 atom stereocenters. The minimum atomic E-state index is -3.69. The van der Waals surface area contributed by atoms with Gasteiger partial charge in [0.25, 0.3) is 5.56 Å². The number of aryl methyl sites for hydroxylation is 2. The Bertz CT molecular complexity index is 954. The SMILES string of the molecule is Cc1c(Cl)cccc1S(=O)(=O)NCCn1nc2c(cc1=O)CCCC2. The molecule has 134 valence electrons. The maximum atomic E-state index is 12.4. The minimum Gasteiger partial charge on any atom is -0.268 e. The first kappa shape index (κ1) is 18.1. The molecule has 1 aromatic heterocycles. The van der Waals surface area contributed by atoms with E-state index in [1.807, 2.05) is 0 Å². The summed E-state index contributed by atoms with van der Waals surface area (Å²) in [4.78, 5) is 12.3. The van der Waals surface area contributed by atoms with Crippen molar-refractivity contribution >= 4 is 21.6 Å². The highest BCUT2D eigenvalue weighted by Gasteiger charge is 2.18. The zero-order valence-electron chi connectivity index (χ0n) is 14.0. The van der Waals surface area contributed by atoms with Crippen LogP contribution >= 0.6 is 11.6 Å². The molecule has 0 saturated carbocycles. The van der Waals surface area contributed by atoms with Crippen LogP contribution in [0, 0.1) is 6.92 Å². The fourth-order valence-corrected chi connectivity index (χ4v) is 4.52. The Kier molecular flexibility index (Phi) is 5.27. The number of rotatable bonds is 5. The average molecular weight is 382 g/mol. The third-order valence-corrected chi connectivity index (χ3v) is 6.41. The number of hydrogen-bond acceptors (Lipinski definition) is 4. The molecule has 0 bridgehead atoms. The average Bonchev–Trinajstić information content (AvgIpc) is 2.57. The quantitative estimate of drug-likeness (QED) is 0.859. The number of nitrogens with zero attached hydrogens (tertiary/aromatic N) is 2. The molecule has 1 aliphatic carbocycles. The molecule has 1 N–H and O–H groups in total. The number of sulfonamides is 1. The molecule has 0 radical (unpaired) electrons. The molecular weight excluding hydrogens is 362 g/mol. The van der Waals surface area contributed by atoms with E-state index < -0.39 is 10.0 Å². The van der Waals surface area contributed by atoms with E-state index in [9.17, 15) is 13.2 Å². The van der Waals surface area contributed by atoms with Crippen molar-refractivity contribution < 1.29 is 8.42 Å². The molecule has 0 unspecified atom stereocenters. The van der Waals surface area contributed by atoms with Gasteiger partial charge in [-0.2, -0.15) is 5.10 Å². The van der Waals surface area contributed by atoms with Crippen molar-refractivity contribution in [2.24, 2.45) is 0 Å². The van der Waals surface area contributed by atoms with Gasteiger partial charge in [0.05, 0.1) is 17.1 Å². The topological polar surface area (TPSA) is 81.1 Å². The molecule has 0 aliphatic heterocycles. The Morgan fingerprint density at radius 2 is 2.04 bits per heavy atom. The zero-order chi connectivity index (χ0) is 18.0. The summed E-state index contributed by atoms with van der Waals surface area (Å²) in [5.41, 5.74) is 2.27. The lowest BCUT2D eigenvalue weighted by Gasteiger charge is -2.16. The minimum absolute atomic E-state index is 0.0833. The van der Waals surface area contributed by atoms with Crippen LogP contribution in [-0.4, -0.2) is 24.7 Å². The number of benzene rings is 1. The van der Waals surface area contributed by atoms with E-state index >= 15 is 0 Å². The van der Waals surface area contributed by atoms with Gasteiger partial charge in [-0.1, -0.05) is 17.7 Å². The molecule has 1 aliphatic rings. The van der Waals surface area contributed by atoms with Crippen LogP contribution in [0.15, 0.2) is 34.0 Å². The van der Waals surface area contributed by atoms with Gasteiger partial charge < -0.3 is 0 Å². The molecule has 3 rings (SSSR count). The van der Waals surface area contributed by atoms with Crippen molar-refractivity contribution in [1.82, 2.24) is 14.5 Å². The van der Waals surface area contributed by atoms with Crippen LogP contribution in [0.1, 0.15) is 29.7 Å². The second-order valence-electron chi connectivity index (χ2n) is 6.15. The summed E-state index contributed by atoms with van der Waals surface area (Å²) in [6.45, 7) is 1.93. The van der Waals surface area contributed by atoms with Gasteiger partial charge in [0.15, 0.2) is 0 Å². The number of hydrogen-bond donors (Lipinski definition) is 1. The standard InChI is InChI=1S/C17H20ClN3O3S/c1-12-14(18)6-4-8-16(12)25(23,24)19-9-10-21-17(22)11-13-5-2-3-7-15(13)20-21/h4,6,8,11,19H,2-3,5,7,9-10H2,1H3. The normalized spacial score (nSPS) is 14.3. The van der Waals surface area contributed by atoms with Crippen molar-refractivity contribution in [3.63, 3.8) is 0 Å². The van der Waals surface area contributed by atoms with Crippen molar-refractivity contribution in [2.45, 2.75) is 44.0 Å². The lowest BCUT2D eigenvalue weighted by atomic mass is 9.97. The van der Waals surface area contributed by atoms with Crippen LogP contribution in [0.2, 0.25) is 5.02 Å². The van der Waals surface area contributed by atoms with Crippen LogP contribution in [0.5, 0.6) is 0 Å². The first-order chi connectivity index (χ1) is 11.9. The summed E-state index contributed by atoms with van der Waals surface area (Å²) in [6.07, 6.45) is 3.90. The van der Waals surface area contributed by atoms with Crippen molar-refractivity contribution in [1.29, 1.82) is 0 Å². The highest BCUT2D eigenvalue weighted by Crippen LogP contribution is 2.22. The van der Waals surface area contributed by atoms with Gasteiger partial charge in [-0.3, -0.25) is 4.79 Å². The van der Waals surface area contributed by atoms with Crippen LogP contribution in [0.25, 0.3) is 0 Å². The van der Waals surface area contributed by atoms with Crippen LogP contribution < -0.4 is 10.3 Å². The van der Waals surface area contributed by atoms with E-state index in [0.717, 1.165) is 36.9 Å². The number of aromatic nitrogens is 2. The molecule has 25 heavy (non-hydrogen) atoms. The third kappa shape index (κ3) is 3.94. The number of halogens is 1. The van der Waals surface area contributed by atoms with Gasteiger partial charge in [0.1, 0.15) is 0 Å². The van der Waals surface area contributed by atoms with Gasteiger partial charge in [-0.15, -0.1) is 0 Å². The summed E-state index contributed by atoms with van der Waals surface area (Å²) in [5.74, 6) is 0. The molecule has 8 heteroatoms. The van der Waals surface area contributed by atoms with Gasteiger partial charge >= 0.3 is 0 Å². The Morgan fingerprint density at radius 3 is 2.84 bits per heavy atom. The molecule has 0 spiro atoms. The molecule has 0 amide bonds. The number of nitrogens with one attached hydrogen (secondary N) is 1. The highest BCUT2D eigenvalue weighted by atomic mass is 35.5. The molecule has 6 nitrogen and oxygen atoms in total. The third-order valence-electron chi connectivity index (χ3n) is 4.40. The van der Waals surface area contributed by atoms with Crippen molar-refractivity contribution in [3.8, 4) is 0 Å². The van der Waals surface area contributed by atoms with E-state index in [1.165, 1.54) is 10.7 Å². The number of fused-ring (bicyclic) bond motifs is 1. The van der Waals surface area contributed by atoms with Crippen LogP contribution in [0.4, 0.5) is 0 Å². The van der Waals surface area contributed by atoms with Gasteiger partial charge in [-0.05, 0) is 55.9 Å². The monoisotopic (exact) mass is 381 g/mol. The first-order valence-electron chi connectivity index (χ1n) is 8.23. The summed E-state index contributed by atoms with van der Waals surface area (Å²) in [7, 11) is -3.69. The van der Waals surface area contributed by atoms with Crippen LogP contribution in [-0.2, 0) is 29.4 Å². The van der Waals surface area contributed by atoms with Crippen molar-refractivity contribution in [2.75, 3.05) is 6.54 Å². The second-order valence-corrected chi connectivity index (χ2v) is 8.29. The van der Waals surface area contributed by atoms with Gasteiger partial charge in [-0.25, -0.2) is 17.8 Å². The van der Waals surface area contributed by atoms with Gasteiger partial charge in [0.2, 0.25) is 10.0 Å². The predicted octanol–water partition coefficient (Wildman–Crippen LogP) is 2.06.